The summed E-state index contributed by atoms with van der Waals surface area (Å²) in [5.74, 6) is 1.24. The van der Waals surface area contributed by atoms with Gasteiger partial charge in [0.1, 0.15) is 17.0 Å². The molecule has 0 aliphatic carbocycles. The summed E-state index contributed by atoms with van der Waals surface area (Å²) in [6.45, 7) is 5.47. The van der Waals surface area contributed by atoms with Crippen LogP contribution in [0.15, 0.2) is 42.0 Å². The molecule has 2 aliphatic heterocycles. The second kappa shape index (κ2) is 7.62. The zero-order chi connectivity index (χ0) is 20.8. The number of nitrogens with one attached hydrogen (secondary N) is 1. The van der Waals surface area contributed by atoms with Gasteiger partial charge in [-0.05, 0) is 17.5 Å². The molecule has 1 saturated heterocycles. The van der Waals surface area contributed by atoms with Crippen molar-refractivity contribution < 1.29 is 4.79 Å². The zero-order valence-corrected chi connectivity index (χ0v) is 18.1. The van der Waals surface area contributed by atoms with Crippen molar-refractivity contribution in [2.24, 2.45) is 0 Å². The van der Waals surface area contributed by atoms with Gasteiger partial charge in [-0.3, -0.25) is 9.69 Å². The SMILES string of the molecule is O=C(CN1CCN(c2ncnc3sccc23)CC1)N1CCc2[nH]c3ccccc3c2C1. The second-order valence-corrected chi connectivity index (χ2v) is 9.19. The van der Waals surface area contributed by atoms with Gasteiger partial charge in [0.15, 0.2) is 0 Å². The highest BCUT2D eigenvalue weighted by Crippen LogP contribution is 2.29. The molecular weight excluding hydrogens is 408 g/mol. The molecule has 158 valence electrons. The van der Waals surface area contributed by atoms with Crippen molar-refractivity contribution in [3.05, 3.63) is 53.3 Å². The number of para-hydroxylation sites is 1. The van der Waals surface area contributed by atoms with Crippen molar-refractivity contribution in [3.8, 4) is 0 Å². The Labute approximate surface area is 184 Å². The Kier molecular flexibility index (Phi) is 4.61. The van der Waals surface area contributed by atoms with E-state index in [4.69, 9.17) is 0 Å². The molecule has 8 heteroatoms. The zero-order valence-electron chi connectivity index (χ0n) is 17.3. The van der Waals surface area contributed by atoms with Gasteiger partial charge in [0, 0.05) is 67.8 Å². The monoisotopic (exact) mass is 432 g/mol. The normalized spacial score (nSPS) is 17.4. The minimum atomic E-state index is 0.228. The van der Waals surface area contributed by atoms with E-state index in [1.54, 1.807) is 17.7 Å². The molecular formula is C23H24N6OS. The van der Waals surface area contributed by atoms with Crippen molar-refractivity contribution in [1.29, 1.82) is 0 Å². The van der Waals surface area contributed by atoms with Gasteiger partial charge in [-0.25, -0.2) is 9.97 Å². The average molecular weight is 433 g/mol. The summed E-state index contributed by atoms with van der Waals surface area (Å²) >= 11 is 1.65. The van der Waals surface area contributed by atoms with Gasteiger partial charge in [-0.2, -0.15) is 0 Å². The molecule has 0 radical (unpaired) electrons. The third-order valence-electron chi connectivity index (χ3n) is 6.51. The van der Waals surface area contributed by atoms with Crippen LogP contribution in [0.3, 0.4) is 0 Å². The number of aromatic amines is 1. The highest BCUT2D eigenvalue weighted by atomic mass is 32.1. The number of fused-ring (bicyclic) bond motifs is 4. The third-order valence-corrected chi connectivity index (χ3v) is 7.33. The maximum Gasteiger partial charge on any atom is 0.237 e. The number of thiophene rings is 1. The molecule has 31 heavy (non-hydrogen) atoms. The first-order chi connectivity index (χ1) is 15.3. The molecule has 5 heterocycles. The van der Waals surface area contributed by atoms with Crippen LogP contribution in [0.5, 0.6) is 0 Å². The Bertz CT molecular complexity index is 1260. The Balaban J connectivity index is 1.10. The number of anilines is 1. The van der Waals surface area contributed by atoms with E-state index in [0.717, 1.165) is 55.2 Å². The second-order valence-electron chi connectivity index (χ2n) is 8.29. The molecule has 1 amide bonds. The van der Waals surface area contributed by atoms with Crippen LogP contribution in [0.2, 0.25) is 0 Å². The number of rotatable bonds is 3. The molecule has 1 fully saturated rings. The lowest BCUT2D eigenvalue weighted by Crippen LogP contribution is -2.50. The molecule has 4 aromatic rings. The summed E-state index contributed by atoms with van der Waals surface area (Å²) in [4.78, 5) is 33.1. The number of hydrogen-bond donors (Lipinski definition) is 1. The van der Waals surface area contributed by atoms with Crippen LogP contribution in [0, 0.1) is 0 Å². The lowest BCUT2D eigenvalue weighted by Gasteiger charge is -2.36. The fourth-order valence-electron chi connectivity index (χ4n) is 4.82. The van der Waals surface area contributed by atoms with E-state index in [1.165, 1.54) is 22.2 Å². The summed E-state index contributed by atoms with van der Waals surface area (Å²) in [5.41, 5.74) is 3.73. The van der Waals surface area contributed by atoms with Gasteiger partial charge < -0.3 is 14.8 Å². The number of hydrogen-bond acceptors (Lipinski definition) is 6. The molecule has 1 aromatic carbocycles. The summed E-state index contributed by atoms with van der Waals surface area (Å²) in [6, 6.07) is 10.5. The molecule has 0 saturated carbocycles. The fraction of sp³-hybridized carbons (Fsp3) is 0.348. The smallest absolute Gasteiger partial charge is 0.237 e. The van der Waals surface area contributed by atoms with E-state index in [1.807, 2.05) is 4.90 Å². The number of amides is 1. The molecule has 3 aromatic heterocycles. The number of nitrogens with zero attached hydrogens (tertiary/aromatic N) is 5. The van der Waals surface area contributed by atoms with Crippen LogP contribution in [0.25, 0.3) is 21.1 Å². The van der Waals surface area contributed by atoms with Crippen LogP contribution in [0.1, 0.15) is 11.3 Å². The van der Waals surface area contributed by atoms with Gasteiger partial charge in [-0.1, -0.05) is 18.2 Å². The Morgan fingerprint density at radius 1 is 1.03 bits per heavy atom. The van der Waals surface area contributed by atoms with E-state index in [2.05, 4.69) is 60.5 Å². The first kappa shape index (κ1) is 18.8. The van der Waals surface area contributed by atoms with Crippen molar-refractivity contribution >= 4 is 44.2 Å². The van der Waals surface area contributed by atoms with Crippen molar-refractivity contribution in [1.82, 2.24) is 24.8 Å². The van der Waals surface area contributed by atoms with Crippen LogP contribution in [0.4, 0.5) is 5.82 Å². The average Bonchev–Trinajstić information content (AvgIpc) is 3.43. The molecule has 7 nitrogen and oxygen atoms in total. The number of aromatic nitrogens is 3. The number of carbonyl (C=O) groups excluding carboxylic acids is 1. The van der Waals surface area contributed by atoms with E-state index in [9.17, 15) is 4.79 Å². The topological polar surface area (TPSA) is 68.4 Å². The quantitative estimate of drug-likeness (QED) is 0.539. The minimum Gasteiger partial charge on any atom is -0.358 e. The van der Waals surface area contributed by atoms with Gasteiger partial charge in [0.25, 0.3) is 0 Å². The van der Waals surface area contributed by atoms with E-state index in [-0.39, 0.29) is 5.91 Å². The Hall–Kier alpha value is -2.97. The van der Waals surface area contributed by atoms with Crippen molar-refractivity contribution in [2.45, 2.75) is 13.0 Å². The first-order valence-corrected chi connectivity index (χ1v) is 11.7. The van der Waals surface area contributed by atoms with Gasteiger partial charge >= 0.3 is 0 Å². The molecule has 2 aliphatic rings. The van der Waals surface area contributed by atoms with Crippen molar-refractivity contribution in [2.75, 3.05) is 44.2 Å². The number of benzene rings is 1. The summed E-state index contributed by atoms with van der Waals surface area (Å²) in [7, 11) is 0. The molecule has 6 rings (SSSR count). The third kappa shape index (κ3) is 3.36. The largest absolute Gasteiger partial charge is 0.358 e. The molecule has 1 N–H and O–H groups in total. The van der Waals surface area contributed by atoms with Gasteiger partial charge in [-0.15, -0.1) is 11.3 Å². The van der Waals surface area contributed by atoms with Gasteiger partial charge in [0.2, 0.25) is 5.91 Å². The lowest BCUT2D eigenvalue weighted by atomic mass is 10.0. The minimum absolute atomic E-state index is 0.228. The fourth-order valence-corrected chi connectivity index (χ4v) is 5.54. The summed E-state index contributed by atoms with van der Waals surface area (Å²) in [5, 5.41) is 4.43. The molecule has 0 unspecified atom stereocenters. The van der Waals surface area contributed by atoms with Crippen LogP contribution in [-0.2, 0) is 17.8 Å². The highest BCUT2D eigenvalue weighted by molar-refractivity contribution is 7.16. The number of carbonyl (C=O) groups is 1. The van der Waals surface area contributed by atoms with Crippen molar-refractivity contribution in [3.63, 3.8) is 0 Å². The lowest BCUT2D eigenvalue weighted by molar-refractivity contribution is -0.133. The number of H-pyrrole nitrogens is 1. The maximum absolute atomic E-state index is 13.1. The number of piperazine rings is 1. The predicted octanol–water partition coefficient (Wildman–Crippen LogP) is 2.88. The molecule has 0 bridgehead atoms. The maximum atomic E-state index is 13.1. The molecule has 0 spiro atoms. The summed E-state index contributed by atoms with van der Waals surface area (Å²) < 4.78 is 0. The first-order valence-electron chi connectivity index (χ1n) is 10.8. The predicted molar refractivity (Wildman–Crippen MR) is 123 cm³/mol. The highest BCUT2D eigenvalue weighted by Gasteiger charge is 2.27. The molecule has 0 atom stereocenters. The Morgan fingerprint density at radius 3 is 2.81 bits per heavy atom. The summed E-state index contributed by atoms with van der Waals surface area (Å²) in [6.07, 6.45) is 2.55. The van der Waals surface area contributed by atoms with E-state index < -0.39 is 0 Å². The van der Waals surface area contributed by atoms with Crippen LogP contribution in [-0.4, -0.2) is 69.9 Å². The van der Waals surface area contributed by atoms with Crippen LogP contribution < -0.4 is 4.90 Å². The van der Waals surface area contributed by atoms with Gasteiger partial charge in [0.05, 0.1) is 11.9 Å². The standard InChI is InChI=1S/C23H24N6OS/c30-21(29-7-5-20-18(13-29)16-3-1-2-4-19(16)26-20)14-27-8-10-28(11-9-27)22-17-6-12-31-23(17)25-15-24-22/h1-4,6,12,15,26H,5,7-11,13-14H2. The van der Waals surface area contributed by atoms with E-state index in [0.29, 0.717) is 13.1 Å². The Morgan fingerprint density at radius 2 is 1.90 bits per heavy atom. The van der Waals surface area contributed by atoms with E-state index >= 15 is 0 Å². The van der Waals surface area contributed by atoms with Crippen LogP contribution >= 0.6 is 11.3 Å².